The molecule has 2 aliphatic rings. The van der Waals surface area contributed by atoms with Gasteiger partial charge in [-0.05, 0) is 53.7 Å². The first-order valence-corrected chi connectivity index (χ1v) is 10.8. The predicted octanol–water partition coefficient (Wildman–Crippen LogP) is 3.63. The van der Waals surface area contributed by atoms with Crippen LogP contribution in [0.3, 0.4) is 0 Å². The number of halogens is 2. The van der Waals surface area contributed by atoms with Crippen LogP contribution >= 0.6 is 51.2 Å². The van der Waals surface area contributed by atoms with Crippen molar-refractivity contribution in [2.45, 2.75) is 44.6 Å². The van der Waals surface area contributed by atoms with Crippen molar-refractivity contribution in [1.82, 2.24) is 15.5 Å². The molecule has 0 aromatic carbocycles. The fourth-order valence-corrected chi connectivity index (χ4v) is 5.17. The van der Waals surface area contributed by atoms with Crippen LogP contribution in [0, 0.1) is 5.92 Å². The zero-order valence-electron chi connectivity index (χ0n) is 15.2. The summed E-state index contributed by atoms with van der Waals surface area (Å²) in [5.41, 5.74) is 0. The molecule has 3 rings (SSSR count). The molecular formula is C18H28BrIN4OS. The van der Waals surface area contributed by atoms with Crippen LogP contribution in [-0.2, 0) is 11.2 Å². The Kier molecular flexibility index (Phi) is 9.16. The second kappa shape index (κ2) is 10.8. The van der Waals surface area contributed by atoms with E-state index in [-0.39, 0.29) is 29.9 Å². The van der Waals surface area contributed by atoms with Gasteiger partial charge in [0.15, 0.2) is 5.96 Å². The highest BCUT2D eigenvalue weighted by atomic mass is 127. The lowest BCUT2D eigenvalue weighted by molar-refractivity contribution is -0.134. The first-order valence-electron chi connectivity index (χ1n) is 9.16. The van der Waals surface area contributed by atoms with Gasteiger partial charge in [0, 0.05) is 43.5 Å². The van der Waals surface area contributed by atoms with Gasteiger partial charge in [0.2, 0.25) is 5.91 Å². The number of amides is 1. The number of rotatable bonds is 5. The second-order valence-corrected chi connectivity index (χ2v) is 9.40. The minimum absolute atomic E-state index is 0. The molecule has 1 saturated carbocycles. The predicted molar refractivity (Wildman–Crippen MR) is 123 cm³/mol. The molecule has 1 unspecified atom stereocenters. The molecule has 0 radical (unpaired) electrons. The van der Waals surface area contributed by atoms with Crippen molar-refractivity contribution in [1.29, 1.82) is 0 Å². The van der Waals surface area contributed by atoms with E-state index in [2.05, 4.69) is 43.7 Å². The summed E-state index contributed by atoms with van der Waals surface area (Å²) in [6.45, 7) is 2.52. The summed E-state index contributed by atoms with van der Waals surface area (Å²) in [6.07, 6.45) is 6.56. The van der Waals surface area contributed by atoms with E-state index in [9.17, 15) is 4.79 Å². The lowest BCUT2D eigenvalue weighted by Crippen LogP contribution is -2.45. The van der Waals surface area contributed by atoms with Gasteiger partial charge in [0.1, 0.15) is 0 Å². The van der Waals surface area contributed by atoms with E-state index in [1.54, 1.807) is 18.4 Å². The second-order valence-electron chi connectivity index (χ2n) is 6.85. The molecular weight excluding hydrogens is 527 g/mol. The van der Waals surface area contributed by atoms with Crippen molar-refractivity contribution < 1.29 is 4.79 Å². The molecule has 8 heteroatoms. The van der Waals surface area contributed by atoms with E-state index in [0.29, 0.717) is 11.9 Å². The highest BCUT2D eigenvalue weighted by molar-refractivity contribution is 14.0. The van der Waals surface area contributed by atoms with Gasteiger partial charge in [0.05, 0.1) is 3.79 Å². The largest absolute Gasteiger partial charge is 0.356 e. The number of likely N-dealkylation sites (tertiary alicyclic amines) is 1. The molecule has 0 bridgehead atoms. The third kappa shape index (κ3) is 6.09. The van der Waals surface area contributed by atoms with Crippen LogP contribution in [0.4, 0.5) is 0 Å². The van der Waals surface area contributed by atoms with Gasteiger partial charge in [-0.1, -0.05) is 12.8 Å². The van der Waals surface area contributed by atoms with Crippen molar-refractivity contribution in [3.63, 3.8) is 0 Å². The molecule has 1 saturated heterocycles. The number of carbonyl (C=O) groups is 1. The third-order valence-corrected chi connectivity index (χ3v) is 6.74. The van der Waals surface area contributed by atoms with E-state index < -0.39 is 0 Å². The van der Waals surface area contributed by atoms with E-state index in [1.165, 1.54) is 21.5 Å². The Bertz CT molecular complexity index is 618. The maximum Gasteiger partial charge on any atom is 0.225 e. The topological polar surface area (TPSA) is 56.7 Å². The Balaban J connectivity index is 0.00000243. The van der Waals surface area contributed by atoms with Crippen LogP contribution in [0.25, 0.3) is 0 Å². The van der Waals surface area contributed by atoms with Crippen LogP contribution in [0.2, 0.25) is 0 Å². The van der Waals surface area contributed by atoms with Gasteiger partial charge >= 0.3 is 0 Å². The first kappa shape index (κ1) is 21.9. The SMILES string of the molecule is CN=C(NCCc1ccc(Br)s1)NC1CCN(C(=O)C2CCCC2)C1.I. The number of thiophene rings is 1. The number of guanidine groups is 1. The number of hydrogen-bond acceptors (Lipinski definition) is 3. The number of carbonyl (C=O) groups excluding carboxylic acids is 1. The zero-order valence-corrected chi connectivity index (χ0v) is 19.9. The molecule has 2 fully saturated rings. The lowest BCUT2D eigenvalue weighted by atomic mass is 10.1. The highest BCUT2D eigenvalue weighted by Gasteiger charge is 2.32. The van der Waals surface area contributed by atoms with Crippen LogP contribution in [0.1, 0.15) is 37.0 Å². The maximum atomic E-state index is 12.5. The molecule has 1 aromatic rings. The average molecular weight is 555 g/mol. The van der Waals surface area contributed by atoms with Crippen molar-refractivity contribution >= 4 is 63.1 Å². The summed E-state index contributed by atoms with van der Waals surface area (Å²) < 4.78 is 1.17. The van der Waals surface area contributed by atoms with E-state index >= 15 is 0 Å². The van der Waals surface area contributed by atoms with Crippen molar-refractivity contribution in [2.24, 2.45) is 10.9 Å². The summed E-state index contributed by atoms with van der Waals surface area (Å²) in [5.74, 6) is 1.48. The van der Waals surface area contributed by atoms with Crippen molar-refractivity contribution in [3.8, 4) is 0 Å². The molecule has 1 aromatic heterocycles. The summed E-state index contributed by atoms with van der Waals surface area (Å²) in [6, 6.07) is 4.53. The molecule has 2 heterocycles. The zero-order chi connectivity index (χ0) is 17.6. The quantitative estimate of drug-likeness (QED) is 0.332. The van der Waals surface area contributed by atoms with E-state index in [0.717, 1.165) is 51.3 Å². The Labute approximate surface area is 185 Å². The fourth-order valence-electron chi connectivity index (χ4n) is 3.69. The normalized spacial score (nSPS) is 20.9. The molecule has 1 atom stereocenters. The summed E-state index contributed by atoms with van der Waals surface area (Å²) >= 11 is 5.26. The standard InChI is InChI=1S/C18H27BrN4OS.HI/c1-20-18(21-10-8-15-6-7-16(19)25-15)22-14-9-11-23(12-14)17(24)13-4-2-3-5-13;/h6-7,13-14H,2-5,8-12H2,1H3,(H2,20,21,22);1H. The van der Waals surface area contributed by atoms with Gasteiger partial charge in [-0.3, -0.25) is 9.79 Å². The third-order valence-electron chi connectivity index (χ3n) is 5.06. The van der Waals surface area contributed by atoms with Crippen molar-refractivity contribution in [3.05, 3.63) is 20.8 Å². The van der Waals surface area contributed by atoms with Gasteiger partial charge < -0.3 is 15.5 Å². The summed E-state index contributed by atoms with van der Waals surface area (Å²) in [4.78, 5) is 20.2. The van der Waals surface area contributed by atoms with Crippen LogP contribution in [0.5, 0.6) is 0 Å². The number of nitrogens with one attached hydrogen (secondary N) is 2. The molecule has 2 N–H and O–H groups in total. The van der Waals surface area contributed by atoms with Gasteiger partial charge in [-0.2, -0.15) is 0 Å². The molecule has 1 amide bonds. The summed E-state index contributed by atoms with van der Waals surface area (Å²) in [7, 11) is 1.80. The first-order chi connectivity index (χ1) is 12.2. The Morgan fingerprint density at radius 3 is 2.77 bits per heavy atom. The molecule has 1 aliphatic carbocycles. The maximum absolute atomic E-state index is 12.5. The number of aliphatic imine (C=N–C) groups is 1. The monoisotopic (exact) mass is 554 g/mol. The van der Waals surface area contributed by atoms with Crippen LogP contribution < -0.4 is 10.6 Å². The van der Waals surface area contributed by atoms with E-state index in [4.69, 9.17) is 0 Å². The molecule has 146 valence electrons. The minimum Gasteiger partial charge on any atom is -0.356 e. The van der Waals surface area contributed by atoms with Crippen LogP contribution in [0.15, 0.2) is 20.9 Å². The highest BCUT2D eigenvalue weighted by Crippen LogP contribution is 2.27. The molecule has 0 spiro atoms. The van der Waals surface area contributed by atoms with Gasteiger partial charge in [-0.15, -0.1) is 35.3 Å². The van der Waals surface area contributed by atoms with E-state index in [1.807, 2.05) is 4.90 Å². The number of nitrogens with zero attached hydrogens (tertiary/aromatic N) is 2. The Morgan fingerprint density at radius 2 is 2.12 bits per heavy atom. The molecule has 5 nitrogen and oxygen atoms in total. The lowest BCUT2D eigenvalue weighted by Gasteiger charge is -2.21. The smallest absolute Gasteiger partial charge is 0.225 e. The molecule has 1 aliphatic heterocycles. The van der Waals surface area contributed by atoms with Gasteiger partial charge in [0.25, 0.3) is 0 Å². The van der Waals surface area contributed by atoms with Crippen molar-refractivity contribution in [2.75, 3.05) is 26.7 Å². The summed E-state index contributed by atoms with van der Waals surface area (Å²) in [5, 5.41) is 6.85. The Hall–Kier alpha value is -0.350. The number of hydrogen-bond donors (Lipinski definition) is 2. The van der Waals surface area contributed by atoms with Gasteiger partial charge in [-0.25, -0.2) is 0 Å². The minimum atomic E-state index is 0. The fraction of sp³-hybridized carbons (Fsp3) is 0.667. The van der Waals surface area contributed by atoms with Crippen LogP contribution in [-0.4, -0.2) is 49.5 Å². The Morgan fingerprint density at radius 1 is 1.35 bits per heavy atom. The average Bonchev–Trinajstić information content (AvgIpc) is 3.35. The molecule has 26 heavy (non-hydrogen) atoms.